The molecule has 108 valence electrons. The van der Waals surface area contributed by atoms with E-state index >= 15 is 0 Å². The monoisotopic (exact) mass is 307 g/mol. The van der Waals surface area contributed by atoms with Gasteiger partial charge in [-0.25, -0.2) is 9.97 Å². The maximum Gasteiger partial charge on any atom is 0.183 e. The lowest BCUT2D eigenvalue weighted by Crippen LogP contribution is -2.07. The number of rotatable bonds is 6. The van der Waals surface area contributed by atoms with Gasteiger partial charge in [-0.05, 0) is 25.2 Å². The van der Waals surface area contributed by atoms with Crippen LogP contribution in [0.5, 0.6) is 0 Å². The zero-order valence-electron chi connectivity index (χ0n) is 12.3. The standard InChI is InChI=1S/C15H21N3S2/c1-4-12-18-13(10-5-6-10)14(20-12)11-8-19-15(17-11)16-7-9(2)3/h8-10H,4-7H2,1-3H3,(H,16,17). The van der Waals surface area contributed by atoms with Crippen molar-refractivity contribution in [2.45, 2.75) is 46.0 Å². The number of thiazole rings is 2. The molecule has 0 aliphatic heterocycles. The summed E-state index contributed by atoms with van der Waals surface area (Å²) in [5, 5.41) is 7.85. The first kappa shape index (κ1) is 14.0. The molecule has 2 heterocycles. The Morgan fingerprint density at radius 3 is 2.80 bits per heavy atom. The van der Waals surface area contributed by atoms with Gasteiger partial charge in [-0.1, -0.05) is 20.8 Å². The third-order valence-corrected chi connectivity index (χ3v) is 5.40. The molecule has 2 aromatic heterocycles. The third-order valence-electron chi connectivity index (χ3n) is 3.36. The molecule has 1 N–H and O–H groups in total. The molecular weight excluding hydrogens is 286 g/mol. The van der Waals surface area contributed by atoms with E-state index in [4.69, 9.17) is 9.97 Å². The SMILES string of the molecule is CCc1nc(C2CC2)c(-c2csc(NCC(C)C)n2)s1. The molecule has 5 heteroatoms. The van der Waals surface area contributed by atoms with E-state index in [1.54, 1.807) is 11.3 Å². The van der Waals surface area contributed by atoms with Crippen molar-refractivity contribution in [2.75, 3.05) is 11.9 Å². The molecule has 0 bridgehead atoms. The minimum atomic E-state index is 0.638. The fourth-order valence-corrected chi connectivity index (χ4v) is 3.93. The van der Waals surface area contributed by atoms with Gasteiger partial charge in [-0.3, -0.25) is 0 Å². The minimum absolute atomic E-state index is 0.638. The van der Waals surface area contributed by atoms with Crippen LogP contribution < -0.4 is 5.32 Å². The molecular formula is C15H21N3S2. The molecule has 0 atom stereocenters. The Labute approximate surface area is 128 Å². The van der Waals surface area contributed by atoms with Gasteiger partial charge in [0.2, 0.25) is 0 Å². The van der Waals surface area contributed by atoms with E-state index in [-0.39, 0.29) is 0 Å². The Morgan fingerprint density at radius 2 is 2.15 bits per heavy atom. The van der Waals surface area contributed by atoms with Crippen LogP contribution in [0.3, 0.4) is 0 Å². The fraction of sp³-hybridized carbons (Fsp3) is 0.600. The van der Waals surface area contributed by atoms with E-state index in [0.717, 1.165) is 23.8 Å². The highest BCUT2D eigenvalue weighted by molar-refractivity contribution is 7.16. The number of anilines is 1. The van der Waals surface area contributed by atoms with Crippen molar-refractivity contribution in [3.8, 4) is 10.6 Å². The van der Waals surface area contributed by atoms with Gasteiger partial charge in [-0.15, -0.1) is 22.7 Å². The normalized spacial score (nSPS) is 15.0. The topological polar surface area (TPSA) is 37.8 Å². The van der Waals surface area contributed by atoms with Crippen molar-refractivity contribution < 1.29 is 0 Å². The Balaban J connectivity index is 1.83. The fourth-order valence-electron chi connectivity index (χ4n) is 2.10. The first-order chi connectivity index (χ1) is 9.67. The molecule has 20 heavy (non-hydrogen) atoms. The smallest absolute Gasteiger partial charge is 0.183 e. The number of hydrogen-bond donors (Lipinski definition) is 1. The van der Waals surface area contributed by atoms with Crippen LogP contribution in [-0.4, -0.2) is 16.5 Å². The molecule has 0 spiro atoms. The second-order valence-corrected chi connectivity index (χ2v) is 7.70. The highest BCUT2D eigenvalue weighted by Crippen LogP contribution is 2.46. The highest BCUT2D eigenvalue weighted by Gasteiger charge is 2.30. The Morgan fingerprint density at radius 1 is 1.35 bits per heavy atom. The van der Waals surface area contributed by atoms with Crippen molar-refractivity contribution in [3.63, 3.8) is 0 Å². The lowest BCUT2D eigenvalue weighted by Gasteiger charge is -2.04. The zero-order valence-corrected chi connectivity index (χ0v) is 13.9. The molecule has 1 saturated carbocycles. The van der Waals surface area contributed by atoms with Gasteiger partial charge in [-0.2, -0.15) is 0 Å². The summed E-state index contributed by atoms with van der Waals surface area (Å²) in [5.41, 5.74) is 2.41. The molecule has 1 fully saturated rings. The van der Waals surface area contributed by atoms with E-state index in [2.05, 4.69) is 31.5 Å². The average molecular weight is 307 g/mol. The highest BCUT2D eigenvalue weighted by atomic mass is 32.1. The van der Waals surface area contributed by atoms with Crippen molar-refractivity contribution >= 4 is 27.8 Å². The molecule has 0 radical (unpaired) electrons. The molecule has 3 rings (SSSR count). The van der Waals surface area contributed by atoms with Gasteiger partial charge in [0.05, 0.1) is 21.3 Å². The molecule has 0 saturated heterocycles. The molecule has 2 aromatic rings. The van der Waals surface area contributed by atoms with Crippen molar-refractivity contribution in [3.05, 3.63) is 16.1 Å². The van der Waals surface area contributed by atoms with Crippen LogP contribution in [0.2, 0.25) is 0 Å². The maximum atomic E-state index is 4.81. The van der Waals surface area contributed by atoms with E-state index in [1.807, 2.05) is 11.3 Å². The summed E-state index contributed by atoms with van der Waals surface area (Å²) in [7, 11) is 0. The van der Waals surface area contributed by atoms with Gasteiger partial charge >= 0.3 is 0 Å². The second-order valence-electron chi connectivity index (χ2n) is 5.76. The third kappa shape index (κ3) is 3.04. The van der Waals surface area contributed by atoms with Gasteiger partial charge in [0.25, 0.3) is 0 Å². The summed E-state index contributed by atoms with van der Waals surface area (Å²) in [6.45, 7) is 7.58. The van der Waals surface area contributed by atoms with Crippen LogP contribution in [0.1, 0.15) is 50.2 Å². The van der Waals surface area contributed by atoms with Gasteiger partial charge in [0, 0.05) is 17.8 Å². The summed E-state index contributed by atoms with van der Waals surface area (Å²) < 4.78 is 0. The Kier molecular flexibility index (Phi) is 4.08. The van der Waals surface area contributed by atoms with Crippen LogP contribution in [0.15, 0.2) is 5.38 Å². The molecule has 1 aliphatic carbocycles. The van der Waals surface area contributed by atoms with Crippen LogP contribution in [0, 0.1) is 5.92 Å². The summed E-state index contributed by atoms with van der Waals surface area (Å²) in [6, 6.07) is 0. The van der Waals surface area contributed by atoms with Crippen molar-refractivity contribution in [1.29, 1.82) is 0 Å². The minimum Gasteiger partial charge on any atom is -0.361 e. The lowest BCUT2D eigenvalue weighted by atomic mass is 10.2. The predicted octanol–water partition coefficient (Wildman–Crippen LogP) is 4.77. The summed E-state index contributed by atoms with van der Waals surface area (Å²) in [4.78, 5) is 10.9. The molecule has 0 unspecified atom stereocenters. The van der Waals surface area contributed by atoms with Crippen LogP contribution in [-0.2, 0) is 6.42 Å². The van der Waals surface area contributed by atoms with E-state index < -0.39 is 0 Å². The van der Waals surface area contributed by atoms with Crippen molar-refractivity contribution in [1.82, 2.24) is 9.97 Å². The number of aryl methyl sites for hydroxylation is 1. The van der Waals surface area contributed by atoms with E-state index in [1.165, 1.54) is 28.4 Å². The Bertz CT molecular complexity index is 582. The van der Waals surface area contributed by atoms with Gasteiger partial charge < -0.3 is 5.32 Å². The number of aromatic nitrogens is 2. The first-order valence-electron chi connectivity index (χ1n) is 7.36. The molecule has 0 amide bonds. The van der Waals surface area contributed by atoms with Crippen molar-refractivity contribution in [2.24, 2.45) is 5.92 Å². The molecule has 1 aliphatic rings. The maximum absolute atomic E-state index is 4.81. The first-order valence-corrected chi connectivity index (χ1v) is 9.06. The van der Waals surface area contributed by atoms with E-state index in [9.17, 15) is 0 Å². The Hall–Kier alpha value is -0.940. The zero-order chi connectivity index (χ0) is 14.1. The van der Waals surface area contributed by atoms with Crippen LogP contribution in [0.4, 0.5) is 5.13 Å². The predicted molar refractivity (Wildman–Crippen MR) is 87.9 cm³/mol. The summed E-state index contributed by atoms with van der Waals surface area (Å²) in [5.74, 6) is 1.33. The number of nitrogens with zero attached hydrogens (tertiary/aromatic N) is 2. The van der Waals surface area contributed by atoms with Crippen LogP contribution in [0.25, 0.3) is 10.6 Å². The molecule has 3 nitrogen and oxygen atoms in total. The average Bonchev–Trinajstić information content (AvgIpc) is 3.02. The quantitative estimate of drug-likeness (QED) is 0.835. The lowest BCUT2D eigenvalue weighted by molar-refractivity contribution is 0.688. The van der Waals surface area contributed by atoms with E-state index in [0.29, 0.717) is 11.8 Å². The second kappa shape index (κ2) is 5.82. The van der Waals surface area contributed by atoms with Gasteiger partial charge in [0.15, 0.2) is 5.13 Å². The number of hydrogen-bond acceptors (Lipinski definition) is 5. The number of nitrogens with one attached hydrogen (secondary N) is 1. The van der Waals surface area contributed by atoms with Crippen LogP contribution >= 0.6 is 22.7 Å². The summed E-state index contributed by atoms with van der Waals surface area (Å²) in [6.07, 6.45) is 3.61. The van der Waals surface area contributed by atoms with Gasteiger partial charge in [0.1, 0.15) is 0 Å². The largest absolute Gasteiger partial charge is 0.361 e. The molecule has 0 aromatic carbocycles. The summed E-state index contributed by atoms with van der Waals surface area (Å²) >= 11 is 3.52.